The van der Waals surface area contributed by atoms with Crippen molar-refractivity contribution in [2.24, 2.45) is 23.5 Å². The minimum Gasteiger partial charge on any atom is -0.462 e. The lowest BCUT2D eigenvalue weighted by Gasteiger charge is -2.41. The molecule has 2 fully saturated rings. The molecule has 0 aliphatic carbocycles. The van der Waals surface area contributed by atoms with Gasteiger partial charge in [-0.1, -0.05) is 90.8 Å². The maximum Gasteiger partial charge on any atom is 0.412 e. The van der Waals surface area contributed by atoms with Crippen LogP contribution >= 0.6 is 27.5 Å². The molecule has 4 bridgehead atoms. The second-order valence-electron chi connectivity index (χ2n) is 23.4. The molecule has 0 saturated carbocycles. The molecule has 6 rings (SSSR count). The fraction of sp³-hybridized carbons (Fsp3) is 0.540. The van der Waals surface area contributed by atoms with Crippen molar-refractivity contribution in [2.45, 2.75) is 173 Å². The van der Waals surface area contributed by atoms with Crippen LogP contribution in [-0.4, -0.2) is 131 Å². The number of carbonyl (C=O) groups excluding carboxylic acids is 8. The molecule has 20 nitrogen and oxygen atoms in total. The first-order chi connectivity index (χ1) is 40.1. The molecule has 0 radical (unpaired) electrons. The van der Waals surface area contributed by atoms with Gasteiger partial charge < -0.3 is 50.1 Å². The number of carbonyl (C=O) groups is 8. The zero-order chi connectivity index (χ0) is 62.5. The molecule has 22 heteroatoms. The number of Topliss-reactive ketones (excluding diaryl/α,β-unsaturated/α-hetero) is 2. The number of methoxy groups -OCH3 is 1. The Hall–Kier alpha value is -6.52. The van der Waals surface area contributed by atoms with E-state index in [0.29, 0.717) is 76.0 Å². The van der Waals surface area contributed by atoms with Crippen molar-refractivity contribution in [3.05, 3.63) is 100 Å². The summed E-state index contributed by atoms with van der Waals surface area (Å²) in [6.45, 7) is 16.6. The lowest BCUT2D eigenvalue weighted by molar-refractivity contribution is -0.187. The molecule has 5 amide bonds. The van der Waals surface area contributed by atoms with Crippen LogP contribution in [0.4, 0.5) is 21.0 Å². The molecular formula is C63H82BrClN6O14. The normalized spacial score (nSPS) is 24.6. The van der Waals surface area contributed by atoms with Gasteiger partial charge in [0.05, 0.1) is 53.7 Å². The van der Waals surface area contributed by atoms with E-state index in [2.05, 4.69) is 38.5 Å². The Labute approximate surface area is 510 Å². The van der Waals surface area contributed by atoms with Gasteiger partial charge in [0.25, 0.3) is 0 Å². The summed E-state index contributed by atoms with van der Waals surface area (Å²) in [5.41, 5.74) is 6.99. The molecule has 462 valence electrons. The molecule has 1 aromatic heterocycles. The third kappa shape index (κ3) is 18.5. The maximum absolute atomic E-state index is 14.4. The number of aryl methyl sites for hydroxylation is 1. The number of epoxide rings is 1. The number of hydrogen-bond acceptors (Lipinski definition) is 15. The number of nitrogens with one attached hydrogen (secondary N) is 3. The van der Waals surface area contributed by atoms with Crippen LogP contribution in [-0.2, 0) is 65.3 Å². The first-order valence-electron chi connectivity index (χ1n) is 28.9. The molecule has 10 atom stereocenters. The predicted molar refractivity (Wildman–Crippen MR) is 326 cm³/mol. The molecule has 3 aliphatic rings. The number of alkyl halides is 1. The highest BCUT2D eigenvalue weighted by atomic mass is 79.9. The molecule has 2 aromatic carbocycles. The SMILES string of the molecule is C=C(CBr)C(=O)OC(C)CCCCC(=O)C[C@H](C(=O)N[C@@H](CCCNC(N)=O)C(=O)Cc1ccc2cc(NC(=O)O[C@H]3CC(=O)N(C)c4cc(cc(C)c4Cl)C/C(C)=C/C=C/[C@@H](OC)[C@]4(O)CC(=O)O[C@@H](C4)[C@@H](C)[C@@H]4O[C@@]34C)ccc2n1)C(C)C. The Bertz CT molecular complexity index is 3060. The monoisotopic (exact) mass is 1260 g/mol. The highest BCUT2D eigenvalue weighted by molar-refractivity contribution is 9.09. The van der Waals surface area contributed by atoms with E-state index in [1.165, 1.54) is 12.0 Å². The van der Waals surface area contributed by atoms with Gasteiger partial charge in [0.1, 0.15) is 35.3 Å². The number of aliphatic hydroxyl groups is 1. The van der Waals surface area contributed by atoms with Gasteiger partial charge in [0, 0.05) is 79.5 Å². The van der Waals surface area contributed by atoms with E-state index >= 15 is 0 Å². The number of hydrogen-bond donors (Lipinski definition) is 5. The summed E-state index contributed by atoms with van der Waals surface area (Å²) in [5.74, 6) is -3.92. The number of ether oxygens (including phenoxy) is 5. The van der Waals surface area contributed by atoms with E-state index in [0.717, 1.165) is 16.7 Å². The van der Waals surface area contributed by atoms with E-state index in [-0.39, 0.29) is 75.1 Å². The number of allylic oxidation sites excluding steroid dienone is 3. The number of benzene rings is 2. The number of pyridine rings is 1. The number of aromatic nitrogens is 1. The van der Waals surface area contributed by atoms with Crippen molar-refractivity contribution >= 4 is 97.3 Å². The minimum atomic E-state index is -1.62. The van der Waals surface area contributed by atoms with Crippen LogP contribution in [0.3, 0.4) is 0 Å². The second kappa shape index (κ2) is 30.2. The van der Waals surface area contributed by atoms with Crippen molar-refractivity contribution in [3.63, 3.8) is 0 Å². The summed E-state index contributed by atoms with van der Waals surface area (Å²) in [5, 5.41) is 21.5. The molecule has 0 spiro atoms. The predicted octanol–water partition coefficient (Wildman–Crippen LogP) is 9.19. The Kier molecular flexibility index (Phi) is 24.0. The van der Waals surface area contributed by atoms with Crippen molar-refractivity contribution in [2.75, 3.05) is 36.2 Å². The Balaban J connectivity index is 1.15. The average molecular weight is 1260 g/mol. The summed E-state index contributed by atoms with van der Waals surface area (Å²) < 4.78 is 29.5. The maximum atomic E-state index is 14.4. The smallest absolute Gasteiger partial charge is 0.412 e. The van der Waals surface area contributed by atoms with Gasteiger partial charge in [-0.2, -0.15) is 0 Å². The quantitative estimate of drug-likeness (QED) is 0.0148. The molecule has 4 heterocycles. The number of anilines is 2. The van der Waals surface area contributed by atoms with E-state index in [1.54, 1.807) is 63.4 Å². The van der Waals surface area contributed by atoms with Crippen LogP contribution in [0, 0.1) is 24.7 Å². The second-order valence-corrected chi connectivity index (χ2v) is 24.3. The zero-order valence-corrected chi connectivity index (χ0v) is 52.4. The number of fused-ring (bicyclic) bond motifs is 6. The van der Waals surface area contributed by atoms with Gasteiger partial charge in [-0.25, -0.2) is 14.4 Å². The number of rotatable bonds is 23. The molecule has 6 N–H and O–H groups in total. The van der Waals surface area contributed by atoms with Crippen LogP contribution in [0.5, 0.6) is 0 Å². The van der Waals surface area contributed by atoms with Gasteiger partial charge in [-0.05, 0) is 114 Å². The Morgan fingerprint density at radius 1 is 1.04 bits per heavy atom. The molecule has 3 aromatic rings. The van der Waals surface area contributed by atoms with Gasteiger partial charge in [-0.3, -0.25) is 34.3 Å². The average Bonchev–Trinajstić information content (AvgIpc) is 1.66. The van der Waals surface area contributed by atoms with Crippen LogP contribution in [0.2, 0.25) is 5.02 Å². The third-order valence-corrected chi connectivity index (χ3v) is 17.3. The third-order valence-electron chi connectivity index (χ3n) is 16.1. The number of primary amides is 1. The largest absolute Gasteiger partial charge is 0.462 e. The number of nitrogens with two attached hydrogens (primary N) is 1. The molecule has 2 saturated heterocycles. The van der Waals surface area contributed by atoms with Crippen molar-refractivity contribution in [1.82, 2.24) is 15.6 Å². The number of nitrogens with zero attached hydrogens (tertiary/aromatic N) is 2. The van der Waals surface area contributed by atoms with Crippen LogP contribution < -0.4 is 26.6 Å². The first-order valence-corrected chi connectivity index (χ1v) is 30.4. The zero-order valence-electron chi connectivity index (χ0n) is 50.1. The highest BCUT2D eigenvalue weighted by Crippen LogP contribution is 2.50. The van der Waals surface area contributed by atoms with Crippen LogP contribution in [0.1, 0.15) is 123 Å². The standard InChI is InChI=1S/C63H82BrClN6O14/c1-35(2)46(30-45(72)17-12-11-16-39(6)82-59(77)38(5)34-64)58(76)70-48(18-14-24-67-60(66)78)50(73)29-44-21-20-42-28-43(22-23-47(42)68-44)69-61(79)84-53-31-54(74)71(9)49-27-41(26-37(4)56(49)65)25-36(3)15-13-19-52(81-10)63(80)32-51(83-55(75)33-63)40(7)57-62(53,8)85-57/h13,15,19-23,26-28,35,39-40,46,48,51-53,57,80H,5,11-12,14,16-18,24-25,29-34H2,1-4,6-10H3,(H,69,79)(H,70,76)(H3,66,67,78)/b19-13+,36-15+/t39?,40-,46+,48+,51+,52-,53+,57+,62+,63-/m1/s1. The van der Waals surface area contributed by atoms with E-state index in [9.17, 15) is 43.5 Å². The van der Waals surface area contributed by atoms with Crippen LogP contribution in [0.25, 0.3) is 10.9 Å². The van der Waals surface area contributed by atoms with Crippen LogP contribution in [0.15, 0.2) is 78.4 Å². The number of ketones is 2. The molecular weight excluding hydrogens is 1180 g/mol. The van der Waals surface area contributed by atoms with E-state index in [1.807, 2.05) is 52.8 Å². The summed E-state index contributed by atoms with van der Waals surface area (Å²) in [6, 6.07) is 10.4. The van der Waals surface area contributed by atoms with Crippen molar-refractivity contribution in [1.29, 1.82) is 0 Å². The summed E-state index contributed by atoms with van der Waals surface area (Å²) in [4.78, 5) is 112. The highest BCUT2D eigenvalue weighted by Gasteiger charge is 2.64. The van der Waals surface area contributed by atoms with Gasteiger partial charge in [0.15, 0.2) is 5.78 Å². The van der Waals surface area contributed by atoms with Gasteiger partial charge in [0.2, 0.25) is 11.8 Å². The van der Waals surface area contributed by atoms with Gasteiger partial charge in [-0.15, -0.1) is 0 Å². The Morgan fingerprint density at radius 3 is 2.47 bits per heavy atom. The van der Waals surface area contributed by atoms with Crippen molar-refractivity contribution in [3.8, 4) is 0 Å². The van der Waals surface area contributed by atoms with E-state index < -0.39 is 89.4 Å². The molecule has 1 unspecified atom stereocenters. The Morgan fingerprint density at radius 2 is 1.78 bits per heavy atom. The molecule has 85 heavy (non-hydrogen) atoms. The minimum absolute atomic E-state index is 0.0228. The molecule has 3 aliphatic heterocycles. The lowest BCUT2D eigenvalue weighted by Crippen LogP contribution is -2.53. The number of amides is 5. The topological polar surface area (TPSA) is 284 Å². The summed E-state index contributed by atoms with van der Waals surface area (Å²) in [6.07, 6.45) is 2.71. The summed E-state index contributed by atoms with van der Waals surface area (Å²) >= 11 is 10.1. The fourth-order valence-electron chi connectivity index (χ4n) is 11.0. The summed E-state index contributed by atoms with van der Waals surface area (Å²) in [7, 11) is 3.07. The van der Waals surface area contributed by atoms with Crippen molar-refractivity contribution < 1.29 is 67.1 Å². The fourth-order valence-corrected chi connectivity index (χ4v) is 11.5. The first kappa shape index (κ1) is 67.6. The van der Waals surface area contributed by atoms with Gasteiger partial charge >= 0.3 is 24.1 Å². The number of urea groups is 1. The van der Waals surface area contributed by atoms with E-state index in [4.69, 9.17) is 46.0 Å². The number of esters is 2. The number of unbranched alkanes of at least 4 members (excludes halogenated alkanes) is 1. The lowest BCUT2D eigenvalue weighted by atomic mass is 9.78. The number of halogens is 2.